The van der Waals surface area contributed by atoms with Gasteiger partial charge in [-0.3, -0.25) is 14.1 Å². The van der Waals surface area contributed by atoms with Gasteiger partial charge in [-0.2, -0.15) is 4.98 Å². The molecular weight excluding hydrogens is 397 g/mol. The molecule has 0 amide bonds. The molecular formula is C23H22FN5O2. The predicted molar refractivity (Wildman–Crippen MR) is 113 cm³/mol. The zero-order chi connectivity index (χ0) is 21.4. The Bertz CT molecular complexity index is 1300. The highest BCUT2D eigenvalue weighted by atomic mass is 19.1. The van der Waals surface area contributed by atoms with Crippen LogP contribution in [0.5, 0.6) is 0 Å². The summed E-state index contributed by atoms with van der Waals surface area (Å²) in [4.78, 5) is 24.0. The number of rotatable bonds is 4. The van der Waals surface area contributed by atoms with Crippen molar-refractivity contribution in [1.82, 2.24) is 24.4 Å². The maximum atomic E-state index is 13.5. The summed E-state index contributed by atoms with van der Waals surface area (Å²) in [5, 5.41) is 4.04. The van der Waals surface area contributed by atoms with Gasteiger partial charge in [0.25, 0.3) is 5.56 Å². The third-order valence-electron chi connectivity index (χ3n) is 5.70. The topological polar surface area (TPSA) is 76.5 Å². The van der Waals surface area contributed by atoms with Gasteiger partial charge in [-0.1, -0.05) is 23.4 Å². The van der Waals surface area contributed by atoms with Crippen LogP contribution in [0.25, 0.3) is 17.0 Å². The van der Waals surface area contributed by atoms with Crippen LogP contribution in [-0.2, 0) is 6.54 Å². The van der Waals surface area contributed by atoms with E-state index in [1.807, 2.05) is 19.1 Å². The average molecular weight is 419 g/mol. The zero-order valence-electron chi connectivity index (χ0n) is 17.2. The van der Waals surface area contributed by atoms with Gasteiger partial charge in [0.15, 0.2) is 0 Å². The Morgan fingerprint density at radius 3 is 2.97 bits per heavy atom. The Labute approximate surface area is 178 Å². The molecule has 4 heterocycles. The molecule has 4 aromatic rings. The Balaban J connectivity index is 1.34. The van der Waals surface area contributed by atoms with E-state index in [4.69, 9.17) is 9.51 Å². The number of pyridine rings is 1. The van der Waals surface area contributed by atoms with Gasteiger partial charge in [0.2, 0.25) is 11.7 Å². The minimum atomic E-state index is -0.332. The van der Waals surface area contributed by atoms with Gasteiger partial charge in [0, 0.05) is 30.9 Å². The molecule has 1 atom stereocenters. The van der Waals surface area contributed by atoms with Gasteiger partial charge in [-0.05, 0) is 50.1 Å². The zero-order valence-corrected chi connectivity index (χ0v) is 17.2. The first kappa shape index (κ1) is 19.6. The van der Waals surface area contributed by atoms with Crippen LogP contribution < -0.4 is 5.56 Å². The second-order valence-electron chi connectivity index (χ2n) is 8.01. The minimum absolute atomic E-state index is 0.0751. The van der Waals surface area contributed by atoms with E-state index in [1.165, 1.54) is 12.1 Å². The molecule has 1 fully saturated rings. The van der Waals surface area contributed by atoms with Gasteiger partial charge in [0.1, 0.15) is 11.5 Å². The number of nitrogens with zero attached hydrogens (tertiary/aromatic N) is 5. The lowest BCUT2D eigenvalue weighted by Crippen LogP contribution is -2.34. The van der Waals surface area contributed by atoms with Crippen molar-refractivity contribution in [3.05, 3.63) is 82.0 Å². The molecule has 0 spiro atoms. The lowest BCUT2D eigenvalue weighted by atomic mass is 9.98. The second-order valence-corrected chi connectivity index (χ2v) is 8.01. The number of fused-ring (bicyclic) bond motifs is 1. The van der Waals surface area contributed by atoms with Crippen LogP contribution in [0.3, 0.4) is 0 Å². The maximum absolute atomic E-state index is 13.5. The lowest BCUT2D eigenvalue weighted by molar-refractivity contribution is 0.178. The molecule has 0 radical (unpaired) electrons. The number of hydrogen-bond acceptors (Lipinski definition) is 6. The smallest absolute Gasteiger partial charge is 0.258 e. The molecule has 1 aliphatic rings. The third kappa shape index (κ3) is 3.98. The molecule has 7 nitrogen and oxygen atoms in total. The monoisotopic (exact) mass is 419 g/mol. The summed E-state index contributed by atoms with van der Waals surface area (Å²) in [7, 11) is 0. The molecule has 31 heavy (non-hydrogen) atoms. The maximum Gasteiger partial charge on any atom is 0.258 e. The van der Waals surface area contributed by atoms with Crippen LogP contribution in [0.2, 0.25) is 0 Å². The van der Waals surface area contributed by atoms with Crippen molar-refractivity contribution in [2.45, 2.75) is 32.2 Å². The molecule has 1 aromatic carbocycles. The number of benzene rings is 1. The Hall–Kier alpha value is -3.39. The predicted octanol–water partition coefficient (Wildman–Crippen LogP) is 3.57. The second kappa shape index (κ2) is 8.03. The van der Waals surface area contributed by atoms with Crippen LogP contribution >= 0.6 is 0 Å². The molecule has 0 N–H and O–H groups in total. The summed E-state index contributed by atoms with van der Waals surface area (Å²) < 4.78 is 20.6. The van der Waals surface area contributed by atoms with Gasteiger partial charge in [-0.15, -0.1) is 0 Å². The van der Waals surface area contributed by atoms with Crippen molar-refractivity contribution in [2.75, 3.05) is 13.1 Å². The summed E-state index contributed by atoms with van der Waals surface area (Å²) in [6.07, 6.45) is 3.66. The molecule has 158 valence electrons. The summed E-state index contributed by atoms with van der Waals surface area (Å²) in [6.45, 7) is 4.19. The third-order valence-corrected chi connectivity index (χ3v) is 5.70. The van der Waals surface area contributed by atoms with Gasteiger partial charge in [-0.25, -0.2) is 9.37 Å². The van der Waals surface area contributed by atoms with Crippen molar-refractivity contribution in [1.29, 1.82) is 0 Å². The normalized spacial score (nSPS) is 17.3. The van der Waals surface area contributed by atoms with Crippen molar-refractivity contribution in [3.8, 4) is 11.4 Å². The molecule has 0 saturated carbocycles. The van der Waals surface area contributed by atoms with Crippen LogP contribution in [0, 0.1) is 12.7 Å². The number of likely N-dealkylation sites (tertiary alicyclic amines) is 1. The molecule has 3 aromatic heterocycles. The molecule has 1 saturated heterocycles. The van der Waals surface area contributed by atoms with E-state index in [0.29, 0.717) is 29.5 Å². The first-order valence-corrected chi connectivity index (χ1v) is 10.4. The Kier molecular flexibility index (Phi) is 5.07. The highest BCUT2D eigenvalue weighted by Crippen LogP contribution is 2.28. The average Bonchev–Trinajstić information content (AvgIpc) is 3.25. The van der Waals surface area contributed by atoms with E-state index in [0.717, 1.165) is 37.2 Å². The van der Waals surface area contributed by atoms with Gasteiger partial charge in [0.05, 0.1) is 11.6 Å². The van der Waals surface area contributed by atoms with Gasteiger partial charge >= 0.3 is 0 Å². The first-order valence-electron chi connectivity index (χ1n) is 10.4. The lowest BCUT2D eigenvalue weighted by Gasteiger charge is -2.30. The molecule has 1 aliphatic heterocycles. The fourth-order valence-electron chi connectivity index (χ4n) is 4.17. The van der Waals surface area contributed by atoms with E-state index in [-0.39, 0.29) is 17.3 Å². The summed E-state index contributed by atoms with van der Waals surface area (Å²) in [5.74, 6) is 0.714. The Morgan fingerprint density at radius 2 is 2.10 bits per heavy atom. The summed E-state index contributed by atoms with van der Waals surface area (Å²) in [5.41, 5.74) is 2.93. The highest BCUT2D eigenvalue weighted by Gasteiger charge is 2.26. The van der Waals surface area contributed by atoms with Gasteiger partial charge < -0.3 is 4.52 Å². The number of hydrogen-bond donors (Lipinski definition) is 0. The van der Waals surface area contributed by atoms with Crippen molar-refractivity contribution < 1.29 is 8.91 Å². The largest absolute Gasteiger partial charge is 0.339 e. The van der Waals surface area contributed by atoms with E-state index < -0.39 is 0 Å². The number of aromatic nitrogens is 4. The molecule has 0 bridgehead atoms. The number of halogens is 1. The van der Waals surface area contributed by atoms with Crippen molar-refractivity contribution in [3.63, 3.8) is 0 Å². The van der Waals surface area contributed by atoms with Crippen LogP contribution in [0.4, 0.5) is 4.39 Å². The summed E-state index contributed by atoms with van der Waals surface area (Å²) in [6, 6.07) is 11.6. The molecule has 8 heteroatoms. The first-order chi connectivity index (χ1) is 15.1. The quantitative estimate of drug-likeness (QED) is 0.503. The van der Waals surface area contributed by atoms with E-state index in [9.17, 15) is 9.18 Å². The van der Waals surface area contributed by atoms with Crippen molar-refractivity contribution in [2.24, 2.45) is 0 Å². The summed E-state index contributed by atoms with van der Waals surface area (Å²) >= 11 is 0. The number of piperidine rings is 1. The fraction of sp³-hybridized carbons (Fsp3) is 0.304. The van der Waals surface area contributed by atoms with Crippen molar-refractivity contribution >= 4 is 5.65 Å². The molecule has 1 unspecified atom stereocenters. The van der Waals surface area contributed by atoms with E-state index in [2.05, 4.69) is 15.0 Å². The number of aryl methyl sites for hydroxylation is 1. The highest BCUT2D eigenvalue weighted by molar-refractivity contribution is 5.54. The SMILES string of the molecule is Cc1cccn2c(=O)cc(CN3CCCC(c4nc(-c5cccc(F)c5)no4)C3)nc12. The Morgan fingerprint density at radius 1 is 1.19 bits per heavy atom. The fourth-order valence-corrected chi connectivity index (χ4v) is 4.17. The van der Waals surface area contributed by atoms with E-state index in [1.54, 1.807) is 28.8 Å². The molecule has 0 aliphatic carbocycles. The van der Waals surface area contributed by atoms with Crippen LogP contribution in [0.1, 0.15) is 35.9 Å². The van der Waals surface area contributed by atoms with Crippen LogP contribution in [0.15, 0.2) is 58.0 Å². The van der Waals surface area contributed by atoms with E-state index >= 15 is 0 Å². The van der Waals surface area contributed by atoms with Crippen LogP contribution in [-0.4, -0.2) is 37.5 Å². The minimum Gasteiger partial charge on any atom is -0.339 e. The standard InChI is InChI=1S/C23H22FN5O2/c1-15-5-3-10-29-20(30)12-19(25-22(15)29)14-28-9-4-7-17(13-28)23-26-21(27-31-23)16-6-2-8-18(24)11-16/h2-3,5-6,8,10-12,17H,4,7,9,13-14H2,1H3. The molecule has 5 rings (SSSR count).